The zero-order valence-electron chi connectivity index (χ0n) is 10.7. The number of carbonyl (C=O) groups excluding carboxylic acids is 2. The molecule has 0 radical (unpaired) electrons. The highest BCUT2D eigenvalue weighted by atomic mass is 16.2. The number of aromatic nitrogens is 2. The normalized spacial score (nSPS) is 19.7. The minimum absolute atomic E-state index is 0.159. The van der Waals surface area contributed by atoms with Crippen LogP contribution in [-0.2, 0) is 23.1 Å². The van der Waals surface area contributed by atoms with Crippen molar-refractivity contribution in [1.29, 1.82) is 0 Å². The molecule has 1 N–H and O–H groups in total. The van der Waals surface area contributed by atoms with Crippen LogP contribution < -0.4 is 5.32 Å². The lowest BCUT2D eigenvalue weighted by Crippen LogP contribution is -2.41. The van der Waals surface area contributed by atoms with E-state index in [1.165, 1.54) is 0 Å². The molecule has 1 aliphatic rings. The molecule has 5 heteroatoms. The number of fused-ring (bicyclic) bond motifs is 1. The first-order chi connectivity index (χ1) is 9.15. The van der Waals surface area contributed by atoms with E-state index in [1.807, 2.05) is 35.9 Å². The molecule has 1 aromatic heterocycles. The first kappa shape index (κ1) is 11.9. The van der Waals surface area contributed by atoms with Gasteiger partial charge in [-0.3, -0.25) is 14.9 Å². The molecule has 0 saturated carbocycles. The van der Waals surface area contributed by atoms with E-state index >= 15 is 0 Å². The minimum Gasteiger partial charge on any atom is -0.331 e. The lowest BCUT2D eigenvalue weighted by Gasteiger charge is -2.20. The highest BCUT2D eigenvalue weighted by Crippen LogP contribution is 2.20. The van der Waals surface area contributed by atoms with Crippen molar-refractivity contribution in [2.45, 2.75) is 19.3 Å². The van der Waals surface area contributed by atoms with Crippen LogP contribution in [0.5, 0.6) is 0 Å². The zero-order chi connectivity index (χ0) is 13.4. The molecule has 1 fully saturated rings. The average molecular weight is 257 g/mol. The fourth-order valence-corrected chi connectivity index (χ4v) is 2.53. The lowest BCUT2D eigenvalue weighted by molar-refractivity contribution is -0.136. The zero-order valence-corrected chi connectivity index (χ0v) is 10.7. The molecular formula is C14H15N3O2. The number of para-hydroxylation sites is 2. The smallest absolute Gasteiger partial charge is 0.230 e. The third kappa shape index (κ3) is 2.12. The van der Waals surface area contributed by atoms with Gasteiger partial charge in [-0.25, -0.2) is 4.98 Å². The Balaban J connectivity index is 1.87. The Morgan fingerprint density at radius 2 is 2.16 bits per heavy atom. The molecule has 0 spiro atoms. The Bertz CT molecular complexity index is 660. The fourth-order valence-electron chi connectivity index (χ4n) is 2.53. The van der Waals surface area contributed by atoms with E-state index < -0.39 is 0 Å². The van der Waals surface area contributed by atoms with Gasteiger partial charge in [-0.15, -0.1) is 0 Å². The Morgan fingerprint density at radius 1 is 1.37 bits per heavy atom. The predicted octanol–water partition coefficient (Wildman–Crippen LogP) is 1.17. The van der Waals surface area contributed by atoms with Crippen molar-refractivity contribution in [3.63, 3.8) is 0 Å². The second-order valence-electron chi connectivity index (χ2n) is 4.93. The van der Waals surface area contributed by atoms with Crippen LogP contribution in [0.4, 0.5) is 0 Å². The summed E-state index contributed by atoms with van der Waals surface area (Å²) in [6.45, 7) is 0. The van der Waals surface area contributed by atoms with Gasteiger partial charge in [-0.1, -0.05) is 12.1 Å². The van der Waals surface area contributed by atoms with Crippen LogP contribution >= 0.6 is 0 Å². The maximum atomic E-state index is 11.8. The number of aryl methyl sites for hydroxylation is 1. The van der Waals surface area contributed by atoms with Crippen molar-refractivity contribution in [1.82, 2.24) is 14.9 Å². The van der Waals surface area contributed by atoms with Gasteiger partial charge in [-0.05, 0) is 18.6 Å². The molecule has 3 rings (SSSR count). The summed E-state index contributed by atoms with van der Waals surface area (Å²) in [4.78, 5) is 27.5. The number of piperidine rings is 1. The Labute approximate surface area is 110 Å². The van der Waals surface area contributed by atoms with Gasteiger partial charge in [0.1, 0.15) is 5.82 Å². The van der Waals surface area contributed by atoms with Gasteiger partial charge in [0.2, 0.25) is 11.8 Å². The van der Waals surface area contributed by atoms with E-state index in [0.29, 0.717) is 19.3 Å². The summed E-state index contributed by atoms with van der Waals surface area (Å²) in [7, 11) is 1.95. The van der Waals surface area contributed by atoms with Gasteiger partial charge < -0.3 is 4.57 Å². The number of hydrogen-bond donors (Lipinski definition) is 1. The van der Waals surface area contributed by atoms with Crippen molar-refractivity contribution >= 4 is 22.8 Å². The van der Waals surface area contributed by atoms with Crippen LogP contribution in [0.1, 0.15) is 18.7 Å². The summed E-state index contributed by atoms with van der Waals surface area (Å²) in [5, 5.41) is 2.39. The molecule has 0 bridgehead atoms. The van der Waals surface area contributed by atoms with Crippen molar-refractivity contribution in [2.24, 2.45) is 13.0 Å². The Morgan fingerprint density at radius 3 is 2.89 bits per heavy atom. The van der Waals surface area contributed by atoms with Crippen LogP contribution in [0, 0.1) is 5.92 Å². The molecule has 1 aromatic carbocycles. The van der Waals surface area contributed by atoms with E-state index in [1.54, 1.807) is 0 Å². The third-order valence-corrected chi connectivity index (χ3v) is 3.66. The van der Waals surface area contributed by atoms with Crippen LogP contribution in [0.3, 0.4) is 0 Å². The maximum absolute atomic E-state index is 11.8. The number of carbonyl (C=O) groups is 2. The number of benzene rings is 1. The van der Waals surface area contributed by atoms with E-state index in [4.69, 9.17) is 0 Å². The minimum atomic E-state index is -0.177. The number of imide groups is 1. The van der Waals surface area contributed by atoms with Crippen LogP contribution in [-0.4, -0.2) is 21.4 Å². The summed E-state index contributed by atoms with van der Waals surface area (Å²) < 4.78 is 2.01. The highest BCUT2D eigenvalue weighted by Gasteiger charge is 2.28. The van der Waals surface area contributed by atoms with E-state index in [-0.39, 0.29) is 17.7 Å². The summed E-state index contributed by atoms with van der Waals surface area (Å²) in [6, 6.07) is 7.89. The molecule has 19 heavy (non-hydrogen) atoms. The van der Waals surface area contributed by atoms with Gasteiger partial charge in [-0.2, -0.15) is 0 Å². The summed E-state index contributed by atoms with van der Waals surface area (Å²) in [5.74, 6) is 0.374. The first-order valence-electron chi connectivity index (χ1n) is 6.39. The number of rotatable bonds is 2. The summed E-state index contributed by atoms with van der Waals surface area (Å²) >= 11 is 0. The van der Waals surface area contributed by atoms with E-state index in [9.17, 15) is 9.59 Å². The molecule has 1 atom stereocenters. The second-order valence-corrected chi connectivity index (χ2v) is 4.93. The largest absolute Gasteiger partial charge is 0.331 e. The van der Waals surface area contributed by atoms with Gasteiger partial charge >= 0.3 is 0 Å². The van der Waals surface area contributed by atoms with Crippen molar-refractivity contribution in [3.05, 3.63) is 30.1 Å². The molecule has 5 nitrogen and oxygen atoms in total. The van der Waals surface area contributed by atoms with Crippen LogP contribution in [0.15, 0.2) is 24.3 Å². The fraction of sp³-hybridized carbons (Fsp3) is 0.357. The molecule has 2 aromatic rings. The maximum Gasteiger partial charge on any atom is 0.230 e. The SMILES string of the molecule is Cn1c(CC2CCC(=O)NC2=O)nc2ccccc21. The molecule has 1 aliphatic heterocycles. The number of amides is 2. The van der Waals surface area contributed by atoms with Gasteiger partial charge in [0.05, 0.1) is 11.0 Å². The summed E-state index contributed by atoms with van der Waals surface area (Å²) in [5.41, 5.74) is 2.00. The third-order valence-electron chi connectivity index (χ3n) is 3.66. The summed E-state index contributed by atoms with van der Waals surface area (Å²) in [6.07, 6.45) is 1.60. The highest BCUT2D eigenvalue weighted by molar-refractivity contribution is 5.98. The van der Waals surface area contributed by atoms with Crippen molar-refractivity contribution in [2.75, 3.05) is 0 Å². The number of hydrogen-bond acceptors (Lipinski definition) is 3. The van der Waals surface area contributed by atoms with Gasteiger partial charge in [0, 0.05) is 25.8 Å². The quantitative estimate of drug-likeness (QED) is 0.821. The van der Waals surface area contributed by atoms with Gasteiger partial charge in [0.15, 0.2) is 0 Å². The molecule has 98 valence electrons. The number of imidazole rings is 1. The van der Waals surface area contributed by atoms with E-state index in [2.05, 4.69) is 10.3 Å². The monoisotopic (exact) mass is 257 g/mol. The Hall–Kier alpha value is -2.17. The molecule has 1 saturated heterocycles. The van der Waals surface area contributed by atoms with Crippen LogP contribution in [0.25, 0.3) is 11.0 Å². The molecular weight excluding hydrogens is 242 g/mol. The topological polar surface area (TPSA) is 64.0 Å². The number of nitrogens with one attached hydrogen (secondary N) is 1. The van der Waals surface area contributed by atoms with Crippen molar-refractivity contribution < 1.29 is 9.59 Å². The Kier molecular flexibility index (Phi) is 2.81. The second kappa shape index (κ2) is 4.50. The predicted molar refractivity (Wildman–Crippen MR) is 70.3 cm³/mol. The lowest BCUT2D eigenvalue weighted by atomic mass is 9.94. The standard InChI is InChI=1S/C14H15N3O2/c1-17-11-5-3-2-4-10(11)15-12(17)8-9-6-7-13(18)16-14(9)19/h2-5,9H,6-8H2,1H3,(H,16,18,19). The first-order valence-corrected chi connectivity index (χ1v) is 6.39. The molecule has 1 unspecified atom stereocenters. The van der Waals surface area contributed by atoms with E-state index in [0.717, 1.165) is 16.9 Å². The average Bonchev–Trinajstić information content (AvgIpc) is 2.70. The van der Waals surface area contributed by atoms with Gasteiger partial charge in [0.25, 0.3) is 0 Å². The molecule has 2 heterocycles. The van der Waals surface area contributed by atoms with Crippen molar-refractivity contribution in [3.8, 4) is 0 Å². The molecule has 2 amide bonds. The van der Waals surface area contributed by atoms with Crippen LogP contribution in [0.2, 0.25) is 0 Å². The number of nitrogens with zero attached hydrogens (tertiary/aromatic N) is 2. The molecule has 0 aliphatic carbocycles.